The maximum atomic E-state index is 5.93. The first-order valence-electron chi connectivity index (χ1n) is 4.38. The van der Waals surface area contributed by atoms with Gasteiger partial charge in [-0.25, -0.2) is 0 Å². The first kappa shape index (κ1) is 9.81. The highest BCUT2D eigenvalue weighted by Gasteiger charge is 2.07. The van der Waals surface area contributed by atoms with E-state index in [-0.39, 0.29) is 0 Å². The van der Waals surface area contributed by atoms with Crippen LogP contribution in [-0.2, 0) is 5.88 Å². The fourth-order valence-corrected chi connectivity index (χ4v) is 2.79. The van der Waals surface area contributed by atoms with Crippen molar-refractivity contribution in [2.24, 2.45) is 0 Å². The molecule has 0 saturated heterocycles. The first-order valence-corrected chi connectivity index (χ1v) is 5.73. The number of halogens is 1. The van der Waals surface area contributed by atoms with Crippen LogP contribution in [0.1, 0.15) is 11.1 Å². The molecule has 0 aliphatic heterocycles. The van der Waals surface area contributed by atoms with Crippen LogP contribution in [0.5, 0.6) is 5.06 Å². The number of thiophene rings is 1. The second-order valence-electron chi connectivity index (χ2n) is 3.18. The maximum Gasteiger partial charge on any atom is 0.174 e. The summed E-state index contributed by atoms with van der Waals surface area (Å²) in [6, 6.07) is 6.29. The van der Waals surface area contributed by atoms with Gasteiger partial charge in [0.25, 0.3) is 0 Å². The molecule has 1 heterocycles. The van der Waals surface area contributed by atoms with Gasteiger partial charge in [0, 0.05) is 16.0 Å². The second-order valence-corrected chi connectivity index (χ2v) is 4.49. The van der Waals surface area contributed by atoms with E-state index in [9.17, 15) is 0 Å². The monoisotopic (exact) mass is 226 g/mol. The summed E-state index contributed by atoms with van der Waals surface area (Å²) in [5.41, 5.74) is 2.46. The zero-order chi connectivity index (χ0) is 10.1. The number of benzene rings is 1. The van der Waals surface area contributed by atoms with Crippen LogP contribution in [0.2, 0.25) is 0 Å². The van der Waals surface area contributed by atoms with Gasteiger partial charge in [0.2, 0.25) is 0 Å². The Morgan fingerprint density at radius 2 is 2.21 bits per heavy atom. The predicted octanol–water partition coefficient (Wildman–Crippen LogP) is 3.96. The van der Waals surface area contributed by atoms with Crippen LogP contribution in [0.3, 0.4) is 0 Å². The van der Waals surface area contributed by atoms with Crippen molar-refractivity contribution in [3.05, 3.63) is 29.3 Å². The van der Waals surface area contributed by atoms with E-state index >= 15 is 0 Å². The maximum absolute atomic E-state index is 5.93. The summed E-state index contributed by atoms with van der Waals surface area (Å²) < 4.78 is 6.45. The Morgan fingerprint density at radius 3 is 2.86 bits per heavy atom. The predicted molar refractivity (Wildman–Crippen MR) is 62.7 cm³/mol. The average molecular weight is 227 g/mol. The fraction of sp³-hybridized carbons (Fsp3) is 0.273. The molecule has 0 unspecified atom stereocenters. The van der Waals surface area contributed by atoms with Gasteiger partial charge in [-0.1, -0.05) is 17.4 Å². The Kier molecular flexibility index (Phi) is 2.66. The van der Waals surface area contributed by atoms with Gasteiger partial charge in [0.1, 0.15) is 0 Å². The lowest BCUT2D eigenvalue weighted by Gasteiger charge is -2.02. The zero-order valence-corrected chi connectivity index (χ0v) is 9.71. The minimum atomic E-state index is 0.559. The molecular weight excluding hydrogens is 216 g/mol. The van der Waals surface area contributed by atoms with Gasteiger partial charge >= 0.3 is 0 Å². The zero-order valence-electron chi connectivity index (χ0n) is 8.13. The van der Waals surface area contributed by atoms with Gasteiger partial charge in [-0.3, -0.25) is 0 Å². The Balaban J connectivity index is 2.73. The second kappa shape index (κ2) is 3.79. The number of fused-ring (bicyclic) bond motifs is 1. The molecular formula is C11H11ClOS. The van der Waals surface area contributed by atoms with Gasteiger partial charge in [-0.2, -0.15) is 0 Å². The van der Waals surface area contributed by atoms with E-state index in [4.69, 9.17) is 16.3 Å². The smallest absolute Gasteiger partial charge is 0.174 e. The van der Waals surface area contributed by atoms with Crippen molar-refractivity contribution in [1.82, 2.24) is 0 Å². The Labute approximate surface area is 92.3 Å². The fourth-order valence-electron chi connectivity index (χ4n) is 1.53. The van der Waals surface area contributed by atoms with Crippen LogP contribution in [0.4, 0.5) is 0 Å². The number of alkyl halides is 1. The summed E-state index contributed by atoms with van der Waals surface area (Å²) in [6.45, 7) is 2.08. The molecule has 0 aliphatic carbocycles. The van der Waals surface area contributed by atoms with Crippen molar-refractivity contribution in [1.29, 1.82) is 0 Å². The highest BCUT2D eigenvalue weighted by atomic mass is 35.5. The Hall–Kier alpha value is -0.730. The molecule has 0 radical (unpaired) electrons. The minimum Gasteiger partial charge on any atom is -0.487 e. The lowest BCUT2D eigenvalue weighted by atomic mass is 10.1. The van der Waals surface area contributed by atoms with E-state index in [1.165, 1.54) is 21.2 Å². The molecule has 0 spiro atoms. The van der Waals surface area contributed by atoms with Crippen LogP contribution in [0.25, 0.3) is 10.1 Å². The molecule has 2 rings (SSSR count). The van der Waals surface area contributed by atoms with E-state index in [0.29, 0.717) is 5.88 Å². The molecule has 0 saturated carbocycles. The van der Waals surface area contributed by atoms with E-state index in [1.54, 1.807) is 18.4 Å². The highest BCUT2D eigenvalue weighted by molar-refractivity contribution is 7.20. The molecule has 0 fully saturated rings. The summed E-state index contributed by atoms with van der Waals surface area (Å²) >= 11 is 7.58. The van der Waals surface area contributed by atoms with Crippen molar-refractivity contribution < 1.29 is 4.74 Å². The average Bonchev–Trinajstić information content (AvgIpc) is 2.60. The number of aryl methyl sites for hydroxylation is 1. The summed E-state index contributed by atoms with van der Waals surface area (Å²) in [7, 11) is 1.69. The molecule has 74 valence electrons. The summed E-state index contributed by atoms with van der Waals surface area (Å²) in [4.78, 5) is 0. The molecule has 1 nitrogen and oxygen atoms in total. The third-order valence-corrected chi connectivity index (χ3v) is 3.69. The molecule has 0 amide bonds. The summed E-state index contributed by atoms with van der Waals surface area (Å²) in [5.74, 6) is 0.559. The van der Waals surface area contributed by atoms with Crippen molar-refractivity contribution in [2.75, 3.05) is 7.11 Å². The number of methoxy groups -OCH3 is 1. The third kappa shape index (κ3) is 1.49. The van der Waals surface area contributed by atoms with Crippen molar-refractivity contribution in [3.63, 3.8) is 0 Å². The molecule has 0 bridgehead atoms. The van der Waals surface area contributed by atoms with Crippen LogP contribution in [0, 0.1) is 6.92 Å². The number of rotatable bonds is 2. The molecule has 3 heteroatoms. The van der Waals surface area contributed by atoms with Crippen LogP contribution < -0.4 is 4.74 Å². The largest absolute Gasteiger partial charge is 0.487 e. The van der Waals surface area contributed by atoms with Gasteiger partial charge in [0.05, 0.1) is 7.11 Å². The number of ether oxygens (including phenoxy) is 1. The van der Waals surface area contributed by atoms with E-state index in [2.05, 4.69) is 25.1 Å². The first-order chi connectivity index (χ1) is 6.76. The molecule has 0 atom stereocenters. The van der Waals surface area contributed by atoms with E-state index < -0.39 is 0 Å². The molecule has 0 aliphatic rings. The molecule has 1 aromatic heterocycles. The number of hydrogen-bond donors (Lipinski definition) is 0. The van der Waals surface area contributed by atoms with Gasteiger partial charge in [0.15, 0.2) is 5.06 Å². The van der Waals surface area contributed by atoms with Crippen LogP contribution in [-0.4, -0.2) is 7.11 Å². The third-order valence-electron chi connectivity index (χ3n) is 2.36. The lowest BCUT2D eigenvalue weighted by Crippen LogP contribution is -1.84. The van der Waals surface area contributed by atoms with E-state index in [0.717, 1.165) is 5.06 Å². The van der Waals surface area contributed by atoms with Gasteiger partial charge < -0.3 is 4.74 Å². The minimum absolute atomic E-state index is 0.559. The SMILES string of the molecule is COc1cc2c(CCl)c(C)ccc2s1. The topological polar surface area (TPSA) is 9.23 Å². The summed E-state index contributed by atoms with van der Waals surface area (Å²) in [5, 5.41) is 2.17. The highest BCUT2D eigenvalue weighted by Crippen LogP contribution is 2.35. The summed E-state index contributed by atoms with van der Waals surface area (Å²) in [6.07, 6.45) is 0. The van der Waals surface area contributed by atoms with Gasteiger partial charge in [-0.05, 0) is 30.2 Å². The van der Waals surface area contributed by atoms with Crippen molar-refractivity contribution >= 4 is 33.0 Å². The lowest BCUT2D eigenvalue weighted by molar-refractivity contribution is 0.427. The number of hydrogen-bond acceptors (Lipinski definition) is 2. The van der Waals surface area contributed by atoms with E-state index in [1.807, 2.05) is 0 Å². The molecule has 0 N–H and O–H groups in total. The normalized spacial score (nSPS) is 10.8. The molecule has 1 aromatic carbocycles. The Bertz CT molecular complexity index is 462. The quantitative estimate of drug-likeness (QED) is 0.705. The van der Waals surface area contributed by atoms with Crippen molar-refractivity contribution in [3.8, 4) is 5.06 Å². The van der Waals surface area contributed by atoms with Crippen LogP contribution in [0.15, 0.2) is 18.2 Å². The molecule has 2 aromatic rings. The molecule has 14 heavy (non-hydrogen) atoms. The standard InChI is InChI=1S/C11H11ClOS/c1-7-3-4-10-8(9(7)6-12)5-11(13-2)14-10/h3-5H,6H2,1-2H3. The van der Waals surface area contributed by atoms with Gasteiger partial charge in [-0.15, -0.1) is 11.6 Å². The Morgan fingerprint density at radius 1 is 1.43 bits per heavy atom. The van der Waals surface area contributed by atoms with Crippen molar-refractivity contribution in [2.45, 2.75) is 12.8 Å². The van der Waals surface area contributed by atoms with Crippen LogP contribution >= 0.6 is 22.9 Å².